The number of nitrogens with one attached hydrogen (secondary N) is 2. The smallest absolute Gasteiger partial charge is 0.288 e. The number of allylic oxidation sites excluding steroid dienone is 2. The number of halogens is 1. The highest BCUT2D eigenvalue weighted by Crippen LogP contribution is 2.51. The SMILES string of the molecule is CCOc1ccc(NC(=O)c2cccc3c2NC(c2ccc(Cl)c([N+](=O)[O-])c2)C2CC=CC32)cc1. The predicted molar refractivity (Wildman–Crippen MR) is 136 cm³/mol. The Morgan fingerprint density at radius 3 is 2.74 bits per heavy atom. The number of hydrogen-bond donors (Lipinski definition) is 2. The molecule has 1 aliphatic heterocycles. The minimum atomic E-state index is -0.470. The lowest BCUT2D eigenvalue weighted by Gasteiger charge is -2.38. The first-order chi connectivity index (χ1) is 17.0. The lowest BCUT2D eigenvalue weighted by atomic mass is 9.76. The molecule has 0 saturated heterocycles. The van der Waals surface area contributed by atoms with Gasteiger partial charge in [-0.15, -0.1) is 0 Å². The number of amides is 1. The van der Waals surface area contributed by atoms with Crippen molar-refractivity contribution in [3.8, 4) is 5.75 Å². The molecule has 0 bridgehead atoms. The van der Waals surface area contributed by atoms with Gasteiger partial charge in [-0.1, -0.05) is 42.0 Å². The number of fused-ring (bicyclic) bond motifs is 3. The molecular formula is C27H24ClN3O4. The number of hydrogen-bond acceptors (Lipinski definition) is 5. The van der Waals surface area contributed by atoms with Gasteiger partial charge >= 0.3 is 0 Å². The third-order valence-corrected chi connectivity index (χ3v) is 6.91. The summed E-state index contributed by atoms with van der Waals surface area (Å²) in [6, 6.07) is 17.6. The van der Waals surface area contributed by atoms with Crippen LogP contribution in [-0.4, -0.2) is 17.4 Å². The summed E-state index contributed by atoms with van der Waals surface area (Å²) in [7, 11) is 0. The quantitative estimate of drug-likeness (QED) is 0.227. The zero-order valence-corrected chi connectivity index (χ0v) is 19.8. The van der Waals surface area contributed by atoms with Crippen LogP contribution in [0.5, 0.6) is 5.75 Å². The van der Waals surface area contributed by atoms with Crippen LogP contribution >= 0.6 is 11.6 Å². The van der Waals surface area contributed by atoms with E-state index < -0.39 is 4.92 Å². The average molecular weight is 490 g/mol. The molecule has 178 valence electrons. The largest absolute Gasteiger partial charge is 0.494 e. The van der Waals surface area contributed by atoms with E-state index in [9.17, 15) is 14.9 Å². The normalized spacial score (nSPS) is 19.9. The summed E-state index contributed by atoms with van der Waals surface area (Å²) in [5.41, 5.74) is 3.61. The van der Waals surface area contributed by atoms with E-state index >= 15 is 0 Å². The molecule has 3 aromatic carbocycles. The second-order valence-corrected chi connectivity index (χ2v) is 9.03. The van der Waals surface area contributed by atoms with E-state index in [-0.39, 0.29) is 34.5 Å². The Hall–Kier alpha value is -3.84. The topological polar surface area (TPSA) is 93.5 Å². The van der Waals surface area contributed by atoms with Gasteiger partial charge in [-0.2, -0.15) is 0 Å². The molecule has 2 aliphatic rings. The lowest BCUT2D eigenvalue weighted by Crippen LogP contribution is -2.31. The standard InChI is InChI=1S/C27H24ClN3O4/c1-2-35-18-12-10-17(11-13-18)29-27(32)22-8-4-7-21-19-5-3-6-20(19)25(30-26(21)22)16-9-14-23(28)24(15-16)31(33)34/h3-5,7-15,19-20,25,30H,2,6H2,1H3,(H,29,32). The second-order valence-electron chi connectivity index (χ2n) is 8.62. The molecule has 1 aliphatic carbocycles. The molecule has 3 aromatic rings. The molecule has 7 nitrogen and oxygen atoms in total. The zero-order valence-electron chi connectivity index (χ0n) is 19.0. The zero-order chi connectivity index (χ0) is 24.5. The van der Waals surface area contributed by atoms with E-state index in [1.807, 2.05) is 37.3 Å². The monoisotopic (exact) mass is 489 g/mol. The fraction of sp³-hybridized carbons (Fsp3) is 0.222. The first-order valence-corrected chi connectivity index (χ1v) is 11.9. The fourth-order valence-corrected chi connectivity index (χ4v) is 5.19. The van der Waals surface area contributed by atoms with Crippen molar-refractivity contribution in [3.05, 3.63) is 105 Å². The predicted octanol–water partition coefficient (Wildman–Crippen LogP) is 6.73. The van der Waals surface area contributed by atoms with E-state index in [2.05, 4.69) is 22.8 Å². The first kappa shape index (κ1) is 22.9. The molecule has 8 heteroatoms. The molecule has 0 fully saturated rings. The third-order valence-electron chi connectivity index (χ3n) is 6.59. The van der Waals surface area contributed by atoms with Gasteiger partial charge in [-0.3, -0.25) is 14.9 Å². The van der Waals surface area contributed by atoms with Gasteiger partial charge in [0.2, 0.25) is 0 Å². The number of nitrogens with zero attached hydrogens (tertiary/aromatic N) is 1. The van der Waals surface area contributed by atoms with Crippen LogP contribution in [0.1, 0.15) is 46.8 Å². The van der Waals surface area contributed by atoms with Crippen molar-refractivity contribution in [3.63, 3.8) is 0 Å². The summed E-state index contributed by atoms with van der Waals surface area (Å²) in [5, 5.41) is 18.1. The van der Waals surface area contributed by atoms with Crippen LogP contribution in [-0.2, 0) is 0 Å². The third kappa shape index (κ3) is 4.35. The van der Waals surface area contributed by atoms with E-state index in [0.29, 0.717) is 17.9 Å². The molecule has 3 unspecified atom stereocenters. The van der Waals surface area contributed by atoms with Crippen LogP contribution in [0.2, 0.25) is 5.02 Å². The van der Waals surface area contributed by atoms with Crippen LogP contribution in [0.25, 0.3) is 0 Å². The number of carbonyl (C=O) groups is 1. The Morgan fingerprint density at radius 2 is 2.00 bits per heavy atom. The van der Waals surface area contributed by atoms with Crippen molar-refractivity contribution in [2.45, 2.75) is 25.3 Å². The van der Waals surface area contributed by atoms with Crippen LogP contribution in [0.3, 0.4) is 0 Å². The van der Waals surface area contributed by atoms with Crippen LogP contribution in [0.15, 0.2) is 72.8 Å². The van der Waals surface area contributed by atoms with Gasteiger partial charge in [0.15, 0.2) is 0 Å². The summed E-state index contributed by atoms with van der Waals surface area (Å²) in [5.74, 6) is 0.778. The highest BCUT2D eigenvalue weighted by Gasteiger charge is 2.39. The van der Waals surface area contributed by atoms with Gasteiger partial charge in [-0.25, -0.2) is 0 Å². The molecule has 3 atom stereocenters. The lowest BCUT2D eigenvalue weighted by molar-refractivity contribution is -0.384. The number of nitro benzene ring substituents is 1. The van der Waals surface area contributed by atoms with Crippen molar-refractivity contribution >= 4 is 34.6 Å². The van der Waals surface area contributed by atoms with E-state index in [4.69, 9.17) is 16.3 Å². The minimum absolute atomic E-state index is 0.101. The summed E-state index contributed by atoms with van der Waals surface area (Å²) in [6.45, 7) is 2.49. The molecule has 5 rings (SSSR count). The van der Waals surface area contributed by atoms with Crippen LogP contribution in [0.4, 0.5) is 17.1 Å². The molecule has 2 N–H and O–H groups in total. The molecule has 0 aromatic heterocycles. The average Bonchev–Trinajstić information content (AvgIpc) is 3.35. The number of ether oxygens (including phenoxy) is 1. The van der Waals surface area contributed by atoms with E-state index in [1.165, 1.54) is 6.07 Å². The van der Waals surface area contributed by atoms with Crippen LogP contribution < -0.4 is 15.4 Å². The molecule has 1 heterocycles. The van der Waals surface area contributed by atoms with E-state index in [1.54, 1.807) is 24.3 Å². The highest BCUT2D eigenvalue weighted by atomic mass is 35.5. The number of nitro groups is 1. The Balaban J connectivity index is 1.48. The van der Waals surface area contributed by atoms with Gasteiger partial charge in [0, 0.05) is 17.7 Å². The van der Waals surface area contributed by atoms with Gasteiger partial charge in [0.1, 0.15) is 10.8 Å². The van der Waals surface area contributed by atoms with Gasteiger partial charge in [0.25, 0.3) is 11.6 Å². The van der Waals surface area contributed by atoms with Gasteiger partial charge in [0.05, 0.1) is 28.8 Å². The Morgan fingerprint density at radius 1 is 1.20 bits per heavy atom. The maximum Gasteiger partial charge on any atom is 0.288 e. The van der Waals surface area contributed by atoms with Gasteiger partial charge in [-0.05, 0) is 66.8 Å². The molecule has 0 saturated carbocycles. The summed E-state index contributed by atoms with van der Waals surface area (Å²) in [4.78, 5) is 24.3. The van der Waals surface area contributed by atoms with Crippen LogP contribution in [0, 0.1) is 16.0 Å². The molecule has 0 radical (unpaired) electrons. The molecule has 0 spiro atoms. The Kier molecular flexibility index (Phi) is 6.17. The van der Waals surface area contributed by atoms with Crippen molar-refractivity contribution in [2.24, 2.45) is 5.92 Å². The summed E-state index contributed by atoms with van der Waals surface area (Å²) < 4.78 is 5.47. The number of carbonyl (C=O) groups excluding carboxylic acids is 1. The minimum Gasteiger partial charge on any atom is -0.494 e. The molecular weight excluding hydrogens is 466 g/mol. The summed E-state index contributed by atoms with van der Waals surface area (Å²) >= 11 is 6.06. The number of rotatable bonds is 6. The van der Waals surface area contributed by atoms with Gasteiger partial charge < -0.3 is 15.4 Å². The van der Waals surface area contributed by atoms with Crippen molar-refractivity contribution < 1.29 is 14.5 Å². The fourth-order valence-electron chi connectivity index (χ4n) is 5.00. The number of para-hydroxylation sites is 1. The number of anilines is 2. The highest BCUT2D eigenvalue weighted by molar-refractivity contribution is 6.32. The number of benzene rings is 3. The molecule has 35 heavy (non-hydrogen) atoms. The van der Waals surface area contributed by atoms with Crippen molar-refractivity contribution in [1.82, 2.24) is 0 Å². The maximum absolute atomic E-state index is 13.3. The Bertz CT molecular complexity index is 1320. The molecule has 1 amide bonds. The second kappa shape index (κ2) is 9.43. The van der Waals surface area contributed by atoms with E-state index in [0.717, 1.165) is 29.0 Å². The Labute approximate surface area is 207 Å². The first-order valence-electron chi connectivity index (χ1n) is 11.5. The maximum atomic E-state index is 13.3. The van der Waals surface area contributed by atoms with Crippen molar-refractivity contribution in [2.75, 3.05) is 17.2 Å². The summed E-state index contributed by atoms with van der Waals surface area (Å²) in [6.07, 6.45) is 5.13. The van der Waals surface area contributed by atoms with Crippen molar-refractivity contribution in [1.29, 1.82) is 0 Å².